The van der Waals surface area contributed by atoms with E-state index in [1.165, 1.54) is 12.1 Å². The molecule has 0 bridgehead atoms. The highest BCUT2D eigenvalue weighted by Crippen LogP contribution is 2.28. The van der Waals surface area contributed by atoms with E-state index in [0.29, 0.717) is 23.8 Å². The summed E-state index contributed by atoms with van der Waals surface area (Å²) in [4.78, 5) is 28.5. The number of pyridine rings is 1. The highest BCUT2D eigenvalue weighted by atomic mass is 35.5. The number of aromatic nitrogens is 1. The van der Waals surface area contributed by atoms with Crippen molar-refractivity contribution in [2.75, 3.05) is 13.2 Å². The number of hydrogen-bond acceptors (Lipinski definition) is 5. The van der Waals surface area contributed by atoms with E-state index in [2.05, 4.69) is 15.6 Å². The third-order valence-electron chi connectivity index (χ3n) is 4.76. The fourth-order valence-corrected chi connectivity index (χ4v) is 3.28. The second kappa shape index (κ2) is 9.99. The van der Waals surface area contributed by atoms with Crippen molar-refractivity contribution in [3.63, 3.8) is 0 Å². The molecule has 3 rings (SSSR count). The summed E-state index contributed by atoms with van der Waals surface area (Å²) in [5.74, 6) is -0.246. The molecule has 2 aromatic rings. The van der Waals surface area contributed by atoms with Gasteiger partial charge in [0.15, 0.2) is 13.2 Å². The molecule has 2 N–H and O–H groups in total. The Bertz CT molecular complexity index is 1030. The van der Waals surface area contributed by atoms with Crippen molar-refractivity contribution in [3.8, 4) is 11.5 Å². The van der Waals surface area contributed by atoms with Gasteiger partial charge in [0.05, 0.1) is 16.8 Å². The van der Waals surface area contributed by atoms with Crippen LogP contribution in [-0.2, 0) is 9.59 Å². The van der Waals surface area contributed by atoms with E-state index in [9.17, 15) is 14.0 Å². The Labute approximate surface area is 191 Å². The molecule has 170 valence electrons. The van der Waals surface area contributed by atoms with Crippen molar-refractivity contribution in [2.24, 2.45) is 0 Å². The fraction of sp³-hybridized carbons (Fsp3) is 0.348. The number of halogens is 2. The quantitative estimate of drug-likeness (QED) is 0.594. The number of benzene rings is 1. The van der Waals surface area contributed by atoms with E-state index in [1.807, 2.05) is 26.8 Å². The summed E-state index contributed by atoms with van der Waals surface area (Å²) in [5.41, 5.74) is 1.04. The number of hydrogen-bond donors (Lipinski definition) is 2. The highest BCUT2D eigenvalue weighted by molar-refractivity contribution is 6.30. The Kier molecular flexibility index (Phi) is 7.35. The smallest absolute Gasteiger partial charge is 0.262 e. The van der Waals surface area contributed by atoms with Crippen molar-refractivity contribution < 1.29 is 23.5 Å². The third-order valence-corrected chi connectivity index (χ3v) is 5.06. The van der Waals surface area contributed by atoms with Gasteiger partial charge in [0.25, 0.3) is 11.8 Å². The number of nitrogens with one attached hydrogen (secondary N) is 2. The van der Waals surface area contributed by atoms with Gasteiger partial charge >= 0.3 is 0 Å². The van der Waals surface area contributed by atoms with Crippen LogP contribution in [0, 0.1) is 5.82 Å². The van der Waals surface area contributed by atoms with Gasteiger partial charge in [-0.3, -0.25) is 14.6 Å². The van der Waals surface area contributed by atoms with Gasteiger partial charge in [-0.1, -0.05) is 25.4 Å². The molecule has 1 heterocycles. The topological polar surface area (TPSA) is 89.6 Å². The van der Waals surface area contributed by atoms with E-state index in [-0.39, 0.29) is 35.8 Å². The maximum absolute atomic E-state index is 13.4. The summed E-state index contributed by atoms with van der Waals surface area (Å²) >= 11 is 5.61. The van der Waals surface area contributed by atoms with E-state index >= 15 is 0 Å². The molecule has 0 saturated heterocycles. The van der Waals surface area contributed by atoms with Gasteiger partial charge in [-0.15, -0.1) is 0 Å². The van der Waals surface area contributed by atoms with Crippen LogP contribution in [0.15, 0.2) is 48.3 Å². The fourth-order valence-electron chi connectivity index (χ4n) is 3.16. The lowest BCUT2D eigenvalue weighted by Gasteiger charge is -2.37. The molecular weight excluding hydrogens is 437 g/mol. The Hall–Kier alpha value is -3.13. The zero-order chi connectivity index (χ0) is 23.3. The Morgan fingerprint density at radius 3 is 2.44 bits per heavy atom. The monoisotopic (exact) mass is 461 g/mol. The first-order valence-corrected chi connectivity index (χ1v) is 10.5. The largest absolute Gasteiger partial charge is 0.484 e. The lowest BCUT2D eigenvalue weighted by molar-refractivity contribution is -0.124. The van der Waals surface area contributed by atoms with Gasteiger partial charge in [-0.2, -0.15) is 0 Å². The molecule has 7 nitrogen and oxygen atoms in total. The number of nitrogens with zero attached hydrogens (tertiary/aromatic N) is 1. The maximum Gasteiger partial charge on any atom is 0.262 e. The maximum atomic E-state index is 13.4. The molecule has 0 radical (unpaired) electrons. The first-order chi connectivity index (χ1) is 15.1. The number of amides is 2. The molecule has 1 unspecified atom stereocenters. The van der Waals surface area contributed by atoms with Crippen molar-refractivity contribution in [3.05, 3.63) is 64.8 Å². The zero-order valence-corrected chi connectivity index (χ0v) is 18.8. The van der Waals surface area contributed by atoms with Crippen LogP contribution in [0.4, 0.5) is 4.39 Å². The SMILES string of the molecule is CC(C)c1ccc(OCC(=O)NC2(C)C=C(NC(=O)COc3ccc(Cl)c(F)c3)C2)cn1. The second-order valence-corrected chi connectivity index (χ2v) is 8.49. The molecule has 0 aliphatic heterocycles. The normalized spacial score (nSPS) is 17.2. The molecule has 1 aromatic carbocycles. The molecule has 9 heteroatoms. The molecule has 0 saturated carbocycles. The van der Waals surface area contributed by atoms with Gasteiger partial charge in [0.2, 0.25) is 0 Å². The van der Waals surface area contributed by atoms with E-state index in [4.69, 9.17) is 21.1 Å². The molecular formula is C23H25ClFN3O4. The average molecular weight is 462 g/mol. The van der Waals surface area contributed by atoms with Crippen LogP contribution >= 0.6 is 11.6 Å². The van der Waals surface area contributed by atoms with Crippen molar-refractivity contribution in [1.29, 1.82) is 0 Å². The number of carbonyl (C=O) groups excluding carboxylic acids is 2. The van der Waals surface area contributed by atoms with E-state index in [1.54, 1.807) is 18.3 Å². The van der Waals surface area contributed by atoms with E-state index < -0.39 is 11.4 Å². The van der Waals surface area contributed by atoms with Gasteiger partial charge in [-0.05, 0) is 43.2 Å². The van der Waals surface area contributed by atoms with Crippen LogP contribution in [0.25, 0.3) is 0 Å². The predicted molar refractivity (Wildman–Crippen MR) is 118 cm³/mol. The third kappa shape index (κ3) is 6.43. The van der Waals surface area contributed by atoms with Gasteiger partial charge < -0.3 is 20.1 Å². The van der Waals surface area contributed by atoms with Crippen molar-refractivity contribution >= 4 is 23.4 Å². The Morgan fingerprint density at radius 1 is 1.16 bits per heavy atom. The van der Waals surface area contributed by atoms with Crippen molar-refractivity contribution in [1.82, 2.24) is 15.6 Å². The van der Waals surface area contributed by atoms with Gasteiger partial charge in [0.1, 0.15) is 17.3 Å². The zero-order valence-electron chi connectivity index (χ0n) is 18.1. The van der Waals surface area contributed by atoms with Gasteiger partial charge in [0, 0.05) is 23.9 Å². The standard InChI is InChI=1S/C23H25ClFN3O4/c1-14(2)20-7-5-17(11-26-20)32-13-22(30)28-23(3)9-15(10-23)27-21(29)12-31-16-4-6-18(24)19(25)8-16/h4-9,11,14H,10,12-13H2,1-3H3,(H,27,29)(H,28,30). The summed E-state index contributed by atoms with van der Waals surface area (Å²) in [7, 11) is 0. The first-order valence-electron chi connectivity index (χ1n) is 10.1. The summed E-state index contributed by atoms with van der Waals surface area (Å²) in [6.07, 6.45) is 3.80. The second-order valence-electron chi connectivity index (χ2n) is 8.09. The van der Waals surface area contributed by atoms with Crippen LogP contribution in [0.2, 0.25) is 5.02 Å². The molecule has 0 spiro atoms. The average Bonchev–Trinajstić information content (AvgIpc) is 2.72. The summed E-state index contributed by atoms with van der Waals surface area (Å²) in [6, 6.07) is 7.60. The molecule has 1 aliphatic rings. The molecule has 1 aliphatic carbocycles. The summed E-state index contributed by atoms with van der Waals surface area (Å²) in [5, 5.41) is 5.55. The first kappa shape index (κ1) is 23.5. The minimum absolute atomic E-state index is 0.0196. The molecule has 32 heavy (non-hydrogen) atoms. The summed E-state index contributed by atoms with van der Waals surface area (Å²) < 4.78 is 24.1. The molecule has 1 aromatic heterocycles. The van der Waals surface area contributed by atoms with Crippen LogP contribution in [0.5, 0.6) is 11.5 Å². The van der Waals surface area contributed by atoms with E-state index in [0.717, 1.165) is 11.8 Å². The minimum atomic E-state index is -0.620. The minimum Gasteiger partial charge on any atom is -0.484 e. The Morgan fingerprint density at radius 2 is 1.81 bits per heavy atom. The molecule has 0 fully saturated rings. The predicted octanol–water partition coefficient (Wildman–Crippen LogP) is 3.73. The van der Waals surface area contributed by atoms with Crippen LogP contribution in [0.3, 0.4) is 0 Å². The van der Waals surface area contributed by atoms with Crippen LogP contribution in [-0.4, -0.2) is 35.6 Å². The highest BCUT2D eigenvalue weighted by Gasteiger charge is 2.34. The number of carbonyl (C=O) groups is 2. The lowest BCUT2D eigenvalue weighted by atomic mass is 9.84. The Balaban J connectivity index is 1.40. The van der Waals surface area contributed by atoms with Crippen LogP contribution in [0.1, 0.15) is 38.8 Å². The van der Waals surface area contributed by atoms with Crippen LogP contribution < -0.4 is 20.1 Å². The summed E-state index contributed by atoms with van der Waals surface area (Å²) in [6.45, 7) is 5.52. The number of ether oxygens (including phenoxy) is 2. The molecule has 2 amide bonds. The van der Waals surface area contributed by atoms with Crippen molar-refractivity contribution in [2.45, 2.75) is 38.6 Å². The molecule has 1 atom stereocenters. The number of rotatable bonds is 9. The lowest BCUT2D eigenvalue weighted by Crippen LogP contribution is -2.53. The van der Waals surface area contributed by atoms with Gasteiger partial charge in [-0.25, -0.2) is 4.39 Å².